The molecule has 3 rings (SSSR count). The number of amides is 1. The van der Waals surface area contributed by atoms with Crippen LogP contribution in [-0.2, 0) is 25.6 Å². The first-order chi connectivity index (χ1) is 15.6. The molecule has 0 bridgehead atoms. The van der Waals surface area contributed by atoms with Crippen molar-refractivity contribution in [2.45, 2.75) is 35.3 Å². The molecule has 1 aromatic heterocycles. The predicted molar refractivity (Wildman–Crippen MR) is 121 cm³/mol. The normalized spacial score (nSPS) is 12.1. The van der Waals surface area contributed by atoms with Gasteiger partial charge in [-0.3, -0.25) is 10.1 Å². The lowest BCUT2D eigenvalue weighted by Gasteiger charge is -2.16. The molecule has 176 valence electrons. The van der Waals surface area contributed by atoms with Crippen molar-refractivity contribution in [2.24, 2.45) is 0 Å². The summed E-state index contributed by atoms with van der Waals surface area (Å²) in [6.07, 6.45) is 1.61. The van der Waals surface area contributed by atoms with E-state index in [-0.39, 0.29) is 27.3 Å². The fourth-order valence-electron chi connectivity index (χ4n) is 2.86. The highest BCUT2D eigenvalue weighted by molar-refractivity contribution is 7.90. The van der Waals surface area contributed by atoms with Crippen molar-refractivity contribution in [2.75, 3.05) is 18.9 Å². The molecule has 0 radical (unpaired) electrons. The van der Waals surface area contributed by atoms with Crippen molar-refractivity contribution in [3.63, 3.8) is 0 Å². The number of sulfone groups is 1. The Morgan fingerprint density at radius 2 is 1.64 bits per heavy atom. The van der Waals surface area contributed by atoms with E-state index in [0.29, 0.717) is 6.54 Å². The van der Waals surface area contributed by atoms with Crippen LogP contribution in [0.1, 0.15) is 36.0 Å². The zero-order valence-electron chi connectivity index (χ0n) is 18.1. The minimum Gasteiger partial charge on any atom is -0.407 e. The Kier molecular flexibility index (Phi) is 7.61. The topological polar surface area (TPSA) is 140 Å². The lowest BCUT2D eigenvalue weighted by Crippen LogP contribution is -2.28. The number of hydrogen-bond donors (Lipinski definition) is 1. The largest absolute Gasteiger partial charge is 0.407 e. The highest BCUT2D eigenvalue weighted by Crippen LogP contribution is 2.19. The molecule has 0 aliphatic rings. The molecule has 33 heavy (non-hydrogen) atoms. The third-order valence-electron chi connectivity index (χ3n) is 4.75. The molecule has 3 aromatic rings. The first kappa shape index (κ1) is 24.6. The van der Waals surface area contributed by atoms with Crippen LogP contribution in [0.4, 0.5) is 6.01 Å². The number of sulfonamides is 1. The smallest absolute Gasteiger partial charge is 0.322 e. The number of anilines is 1. The molecule has 0 saturated carbocycles. The molecule has 0 atom stereocenters. The average Bonchev–Trinajstić information content (AvgIpc) is 3.23. The summed E-state index contributed by atoms with van der Waals surface area (Å²) in [5, 5.41) is 9.70. The molecular formula is C21H24N4O6S2. The fraction of sp³-hybridized carbons (Fsp3) is 0.286. The lowest BCUT2D eigenvalue weighted by atomic mass is 10.2. The van der Waals surface area contributed by atoms with Crippen LogP contribution >= 0.6 is 0 Å². The van der Waals surface area contributed by atoms with Crippen LogP contribution in [0.25, 0.3) is 0 Å². The number of benzene rings is 2. The maximum absolute atomic E-state index is 12.6. The van der Waals surface area contributed by atoms with E-state index in [9.17, 15) is 21.6 Å². The van der Waals surface area contributed by atoms with Crippen LogP contribution in [0.15, 0.2) is 68.8 Å². The van der Waals surface area contributed by atoms with Crippen LogP contribution in [0.2, 0.25) is 0 Å². The third-order valence-corrected chi connectivity index (χ3v) is 8.24. The average molecular weight is 493 g/mol. The highest BCUT2D eigenvalue weighted by atomic mass is 32.2. The maximum Gasteiger partial charge on any atom is 0.322 e. The molecule has 2 aromatic carbocycles. The molecule has 12 heteroatoms. The van der Waals surface area contributed by atoms with E-state index < -0.39 is 31.5 Å². The Balaban J connectivity index is 1.66. The van der Waals surface area contributed by atoms with E-state index in [4.69, 9.17) is 4.42 Å². The second-order valence-corrected chi connectivity index (χ2v) is 11.3. The molecule has 0 aliphatic carbocycles. The maximum atomic E-state index is 12.6. The van der Waals surface area contributed by atoms with Crippen LogP contribution < -0.4 is 5.32 Å². The van der Waals surface area contributed by atoms with E-state index in [1.54, 1.807) is 18.2 Å². The van der Waals surface area contributed by atoms with Gasteiger partial charge in [-0.05, 0) is 42.8 Å². The van der Waals surface area contributed by atoms with E-state index in [1.165, 1.54) is 47.8 Å². The SMILES string of the molecule is CCCCN(C)S(=O)(=O)c1ccc(C(=O)Nc2nnc(CS(=O)(=O)c3ccccc3)o2)cc1. The molecule has 1 heterocycles. The summed E-state index contributed by atoms with van der Waals surface area (Å²) < 4.78 is 56.5. The lowest BCUT2D eigenvalue weighted by molar-refractivity contribution is 0.102. The van der Waals surface area contributed by atoms with Gasteiger partial charge in [0.2, 0.25) is 15.9 Å². The van der Waals surface area contributed by atoms with E-state index in [1.807, 2.05) is 6.92 Å². The Labute approximate surface area is 192 Å². The van der Waals surface area contributed by atoms with Gasteiger partial charge in [0.1, 0.15) is 5.75 Å². The molecule has 0 fully saturated rings. The first-order valence-electron chi connectivity index (χ1n) is 10.1. The van der Waals surface area contributed by atoms with Crippen LogP contribution in [0.5, 0.6) is 0 Å². The first-order valence-corrected chi connectivity index (χ1v) is 13.2. The summed E-state index contributed by atoms with van der Waals surface area (Å²) in [4.78, 5) is 12.6. The quantitative estimate of drug-likeness (QED) is 0.456. The Bertz CT molecular complexity index is 1300. The Morgan fingerprint density at radius 1 is 0.970 bits per heavy atom. The molecule has 1 amide bonds. The molecule has 10 nitrogen and oxygen atoms in total. The van der Waals surface area contributed by atoms with Crippen molar-refractivity contribution in [3.8, 4) is 0 Å². The molecule has 0 spiro atoms. The monoisotopic (exact) mass is 492 g/mol. The zero-order valence-corrected chi connectivity index (χ0v) is 19.8. The summed E-state index contributed by atoms with van der Waals surface area (Å²) in [5.74, 6) is -1.30. The van der Waals surface area contributed by atoms with Gasteiger partial charge in [-0.2, -0.15) is 0 Å². The standard InChI is InChI=1S/C21H24N4O6S2/c1-3-4-14-25(2)33(29,30)18-12-10-16(11-13-18)20(26)22-21-24-23-19(31-21)15-32(27,28)17-8-6-5-7-9-17/h5-13H,3-4,14-15H2,1-2H3,(H,22,24,26). The number of aromatic nitrogens is 2. The van der Waals surface area contributed by atoms with Crippen molar-refractivity contribution >= 4 is 31.8 Å². The minimum atomic E-state index is -3.68. The van der Waals surface area contributed by atoms with Gasteiger partial charge in [0.15, 0.2) is 9.84 Å². The van der Waals surface area contributed by atoms with Gasteiger partial charge in [-0.15, -0.1) is 5.10 Å². The summed E-state index contributed by atoms with van der Waals surface area (Å²) in [6, 6.07) is 13.0. The molecule has 0 saturated heterocycles. The number of carbonyl (C=O) groups is 1. The minimum absolute atomic E-state index is 0.0730. The number of unbranched alkanes of at least 4 members (excludes halogenated alkanes) is 1. The van der Waals surface area contributed by atoms with Crippen LogP contribution in [0.3, 0.4) is 0 Å². The molecule has 1 N–H and O–H groups in total. The molecule has 0 unspecified atom stereocenters. The van der Waals surface area contributed by atoms with Crippen molar-refractivity contribution < 1.29 is 26.0 Å². The number of rotatable bonds is 10. The summed E-state index contributed by atoms with van der Waals surface area (Å²) in [7, 11) is -5.82. The molecule has 0 aliphatic heterocycles. The van der Waals surface area contributed by atoms with Gasteiger partial charge in [0.25, 0.3) is 5.91 Å². The van der Waals surface area contributed by atoms with Gasteiger partial charge in [0.05, 0.1) is 9.79 Å². The fourth-order valence-corrected chi connectivity index (χ4v) is 5.25. The van der Waals surface area contributed by atoms with Crippen molar-refractivity contribution in [1.29, 1.82) is 0 Å². The predicted octanol–water partition coefficient (Wildman–Crippen LogP) is 2.72. The summed E-state index contributed by atoms with van der Waals surface area (Å²) in [6.45, 7) is 2.38. The van der Waals surface area contributed by atoms with Gasteiger partial charge >= 0.3 is 6.01 Å². The number of nitrogens with zero attached hydrogens (tertiary/aromatic N) is 3. The van der Waals surface area contributed by atoms with E-state index in [2.05, 4.69) is 15.5 Å². The van der Waals surface area contributed by atoms with Crippen molar-refractivity contribution in [1.82, 2.24) is 14.5 Å². The van der Waals surface area contributed by atoms with Crippen LogP contribution in [-0.4, -0.2) is 50.8 Å². The third kappa shape index (κ3) is 6.03. The highest BCUT2D eigenvalue weighted by Gasteiger charge is 2.22. The molecular weight excluding hydrogens is 468 g/mol. The van der Waals surface area contributed by atoms with Gasteiger partial charge < -0.3 is 4.42 Å². The number of nitrogens with one attached hydrogen (secondary N) is 1. The van der Waals surface area contributed by atoms with Gasteiger partial charge in [-0.1, -0.05) is 36.6 Å². The summed E-state index contributed by atoms with van der Waals surface area (Å²) in [5.41, 5.74) is 0.168. The van der Waals surface area contributed by atoms with Crippen LogP contribution in [0, 0.1) is 0 Å². The second-order valence-electron chi connectivity index (χ2n) is 7.23. The number of hydrogen-bond acceptors (Lipinski definition) is 8. The van der Waals surface area contributed by atoms with Crippen molar-refractivity contribution in [3.05, 3.63) is 66.1 Å². The van der Waals surface area contributed by atoms with E-state index >= 15 is 0 Å². The van der Waals surface area contributed by atoms with Gasteiger partial charge in [-0.25, -0.2) is 21.1 Å². The summed E-state index contributed by atoms with van der Waals surface area (Å²) >= 11 is 0. The zero-order chi connectivity index (χ0) is 24.1. The Hall–Kier alpha value is -3.09. The number of carbonyl (C=O) groups excluding carboxylic acids is 1. The van der Waals surface area contributed by atoms with E-state index in [0.717, 1.165) is 12.8 Å². The Morgan fingerprint density at radius 3 is 2.27 bits per heavy atom. The van der Waals surface area contributed by atoms with Gasteiger partial charge in [0, 0.05) is 19.2 Å². The second kappa shape index (κ2) is 10.2.